The SMILES string of the molecule is CN(C)CC1=C(c2cc3cccc(F)c3s2)C2CCC(C1)C2. The van der Waals surface area contributed by atoms with Crippen LogP contribution in [0.25, 0.3) is 15.7 Å². The number of nitrogens with zero attached hydrogens (tertiary/aromatic N) is 1. The predicted octanol–water partition coefficient (Wildman–Crippen LogP) is 5.18. The minimum absolute atomic E-state index is 0.0800. The highest BCUT2D eigenvalue weighted by molar-refractivity contribution is 7.20. The smallest absolute Gasteiger partial charge is 0.141 e. The quantitative estimate of drug-likeness (QED) is 0.755. The van der Waals surface area contributed by atoms with Gasteiger partial charge in [0.2, 0.25) is 0 Å². The van der Waals surface area contributed by atoms with Gasteiger partial charge in [0.15, 0.2) is 0 Å². The second-order valence-corrected chi connectivity index (χ2v) is 8.16. The Kier molecular flexibility index (Phi) is 3.58. The summed E-state index contributed by atoms with van der Waals surface area (Å²) in [5, 5.41) is 1.05. The average Bonchev–Trinajstić information content (AvgIpc) is 3.04. The third-order valence-corrected chi connectivity index (χ3v) is 6.33. The minimum Gasteiger partial charge on any atom is -0.305 e. The summed E-state index contributed by atoms with van der Waals surface area (Å²) in [4.78, 5) is 3.58. The molecule has 0 saturated heterocycles. The maximum atomic E-state index is 14.0. The molecule has 2 aliphatic carbocycles. The van der Waals surface area contributed by atoms with Gasteiger partial charge >= 0.3 is 0 Å². The molecular weight excluding hydrogens is 293 g/mol. The molecule has 0 spiro atoms. The number of hydrogen-bond donors (Lipinski definition) is 0. The zero-order valence-electron chi connectivity index (χ0n) is 13.2. The monoisotopic (exact) mass is 315 g/mol. The first-order chi connectivity index (χ1) is 10.6. The molecule has 1 fully saturated rings. The lowest BCUT2D eigenvalue weighted by atomic mass is 9.82. The van der Waals surface area contributed by atoms with Crippen molar-refractivity contribution < 1.29 is 4.39 Å². The van der Waals surface area contributed by atoms with Crippen molar-refractivity contribution in [1.29, 1.82) is 0 Å². The average molecular weight is 315 g/mol. The van der Waals surface area contributed by atoms with E-state index in [1.807, 2.05) is 12.1 Å². The van der Waals surface area contributed by atoms with Crippen LogP contribution in [0.2, 0.25) is 0 Å². The van der Waals surface area contributed by atoms with Gasteiger partial charge in [0, 0.05) is 11.4 Å². The molecule has 1 aromatic heterocycles. The van der Waals surface area contributed by atoms with Crippen molar-refractivity contribution in [1.82, 2.24) is 4.90 Å². The fourth-order valence-corrected chi connectivity index (χ4v) is 5.57. The molecule has 2 bridgehead atoms. The van der Waals surface area contributed by atoms with Crippen molar-refractivity contribution in [3.05, 3.63) is 40.5 Å². The van der Waals surface area contributed by atoms with Crippen LogP contribution >= 0.6 is 11.3 Å². The van der Waals surface area contributed by atoms with Crippen LogP contribution in [-0.4, -0.2) is 25.5 Å². The molecule has 1 nitrogen and oxygen atoms in total. The highest BCUT2D eigenvalue weighted by Crippen LogP contribution is 2.51. The van der Waals surface area contributed by atoms with Crippen molar-refractivity contribution in [3.63, 3.8) is 0 Å². The molecule has 0 amide bonds. The lowest BCUT2D eigenvalue weighted by Crippen LogP contribution is -2.21. The molecule has 2 aliphatic rings. The van der Waals surface area contributed by atoms with Gasteiger partial charge in [-0.15, -0.1) is 11.3 Å². The molecule has 0 N–H and O–H groups in total. The maximum Gasteiger partial charge on any atom is 0.141 e. The number of halogens is 1. The Balaban J connectivity index is 1.84. The summed E-state index contributed by atoms with van der Waals surface area (Å²) in [5.41, 5.74) is 3.14. The fraction of sp³-hybridized carbons (Fsp3) is 0.474. The first-order valence-corrected chi connectivity index (χ1v) is 8.98. The Morgan fingerprint density at radius 3 is 2.91 bits per heavy atom. The highest BCUT2D eigenvalue weighted by atomic mass is 32.1. The van der Waals surface area contributed by atoms with Crippen LogP contribution in [0.4, 0.5) is 4.39 Å². The second kappa shape index (κ2) is 5.47. The van der Waals surface area contributed by atoms with E-state index >= 15 is 0 Å². The summed E-state index contributed by atoms with van der Waals surface area (Å²) in [6.07, 6.45) is 5.25. The minimum atomic E-state index is -0.0800. The summed E-state index contributed by atoms with van der Waals surface area (Å²) >= 11 is 1.65. The number of rotatable bonds is 3. The lowest BCUT2D eigenvalue weighted by Gasteiger charge is -2.28. The summed E-state index contributed by atoms with van der Waals surface area (Å²) in [5.74, 6) is 1.50. The maximum absolute atomic E-state index is 14.0. The Bertz CT molecular complexity index is 743. The first kappa shape index (κ1) is 14.4. The van der Waals surface area contributed by atoms with Crippen molar-refractivity contribution >= 4 is 27.0 Å². The van der Waals surface area contributed by atoms with Crippen LogP contribution < -0.4 is 0 Å². The molecule has 2 unspecified atom stereocenters. The van der Waals surface area contributed by atoms with E-state index in [9.17, 15) is 4.39 Å². The Morgan fingerprint density at radius 1 is 1.27 bits per heavy atom. The molecule has 0 radical (unpaired) electrons. The molecule has 2 atom stereocenters. The third-order valence-electron chi connectivity index (χ3n) is 5.13. The zero-order chi connectivity index (χ0) is 15.3. The van der Waals surface area contributed by atoms with E-state index in [1.165, 1.54) is 30.6 Å². The molecule has 4 rings (SSSR count). The van der Waals surface area contributed by atoms with Crippen molar-refractivity contribution in [2.75, 3.05) is 20.6 Å². The molecule has 3 heteroatoms. The van der Waals surface area contributed by atoms with Gasteiger partial charge in [0.25, 0.3) is 0 Å². The van der Waals surface area contributed by atoms with Gasteiger partial charge in [-0.05, 0) is 74.7 Å². The Hall–Kier alpha value is -1.19. The van der Waals surface area contributed by atoms with Gasteiger partial charge in [-0.2, -0.15) is 0 Å². The van der Waals surface area contributed by atoms with Crippen LogP contribution in [-0.2, 0) is 0 Å². The van der Waals surface area contributed by atoms with Gasteiger partial charge in [0.05, 0.1) is 4.70 Å². The zero-order valence-corrected chi connectivity index (χ0v) is 14.0. The molecule has 22 heavy (non-hydrogen) atoms. The first-order valence-electron chi connectivity index (χ1n) is 8.17. The molecule has 1 heterocycles. The van der Waals surface area contributed by atoms with E-state index in [0.717, 1.165) is 22.5 Å². The van der Waals surface area contributed by atoms with Crippen LogP contribution in [0.15, 0.2) is 29.8 Å². The summed E-state index contributed by atoms with van der Waals surface area (Å²) in [6.45, 7) is 1.04. The number of benzene rings is 1. The standard InChI is InChI=1S/C19H22FNS/c1-21(2)11-15-9-12-6-7-13(8-12)18(15)17-10-14-4-3-5-16(20)19(14)22-17/h3-5,10,12-13H,6-9,11H2,1-2H3. The van der Waals surface area contributed by atoms with Crippen LogP contribution in [0.1, 0.15) is 30.6 Å². The highest BCUT2D eigenvalue weighted by Gasteiger charge is 2.35. The number of likely N-dealkylation sites (N-methyl/N-ethyl adjacent to an activating group) is 1. The van der Waals surface area contributed by atoms with Crippen molar-refractivity contribution in [3.8, 4) is 0 Å². The largest absolute Gasteiger partial charge is 0.305 e. The molecular formula is C19H22FNS. The summed E-state index contributed by atoms with van der Waals surface area (Å²) in [7, 11) is 4.29. The number of hydrogen-bond acceptors (Lipinski definition) is 2. The van der Waals surface area contributed by atoms with E-state index in [-0.39, 0.29) is 5.82 Å². The van der Waals surface area contributed by atoms with E-state index < -0.39 is 0 Å². The van der Waals surface area contributed by atoms with Gasteiger partial charge < -0.3 is 4.90 Å². The van der Waals surface area contributed by atoms with Gasteiger partial charge in [-0.1, -0.05) is 17.7 Å². The summed E-state index contributed by atoms with van der Waals surface area (Å²) < 4.78 is 14.9. The second-order valence-electron chi connectivity index (χ2n) is 7.10. The van der Waals surface area contributed by atoms with Crippen LogP contribution in [0.5, 0.6) is 0 Å². The topological polar surface area (TPSA) is 3.24 Å². The normalized spacial score (nSPS) is 24.7. The molecule has 116 valence electrons. The number of fused-ring (bicyclic) bond motifs is 3. The van der Waals surface area contributed by atoms with Gasteiger partial charge in [-0.25, -0.2) is 4.39 Å². The summed E-state index contributed by atoms with van der Waals surface area (Å²) in [6, 6.07) is 7.64. The number of allylic oxidation sites excluding steroid dienone is 1. The van der Waals surface area contributed by atoms with E-state index in [2.05, 4.69) is 25.1 Å². The molecule has 1 saturated carbocycles. The fourth-order valence-electron chi connectivity index (χ4n) is 4.34. The van der Waals surface area contributed by atoms with Crippen molar-refractivity contribution in [2.45, 2.75) is 25.7 Å². The van der Waals surface area contributed by atoms with Crippen LogP contribution in [0, 0.1) is 17.7 Å². The Labute approximate surface area is 135 Å². The van der Waals surface area contributed by atoms with Crippen molar-refractivity contribution in [2.24, 2.45) is 11.8 Å². The van der Waals surface area contributed by atoms with E-state index in [0.29, 0.717) is 5.92 Å². The van der Waals surface area contributed by atoms with E-state index in [1.54, 1.807) is 28.5 Å². The molecule has 2 aromatic rings. The Morgan fingerprint density at radius 2 is 2.14 bits per heavy atom. The van der Waals surface area contributed by atoms with Gasteiger partial charge in [0.1, 0.15) is 5.82 Å². The lowest BCUT2D eigenvalue weighted by molar-refractivity contribution is 0.413. The predicted molar refractivity (Wildman–Crippen MR) is 92.7 cm³/mol. The number of thiophene rings is 1. The molecule has 1 aromatic carbocycles. The third kappa shape index (κ3) is 2.40. The van der Waals surface area contributed by atoms with Gasteiger partial charge in [-0.3, -0.25) is 0 Å². The van der Waals surface area contributed by atoms with E-state index in [4.69, 9.17) is 0 Å². The molecule has 0 aliphatic heterocycles. The van der Waals surface area contributed by atoms with Crippen LogP contribution in [0.3, 0.4) is 0 Å².